The van der Waals surface area contributed by atoms with Crippen LogP contribution < -0.4 is 9.62 Å². The summed E-state index contributed by atoms with van der Waals surface area (Å²) in [7, 11) is -3.81. The molecule has 35 heavy (non-hydrogen) atoms. The molecule has 2 aromatic carbocycles. The van der Waals surface area contributed by atoms with E-state index in [9.17, 15) is 26.8 Å². The lowest BCUT2D eigenvalue weighted by molar-refractivity contribution is -0.141. The van der Waals surface area contributed by atoms with E-state index in [0.29, 0.717) is 0 Å². The van der Waals surface area contributed by atoms with Gasteiger partial charge in [-0.25, -0.2) is 17.2 Å². The molecule has 0 heterocycles. The van der Waals surface area contributed by atoms with Crippen molar-refractivity contribution >= 4 is 27.5 Å². The van der Waals surface area contributed by atoms with E-state index in [4.69, 9.17) is 0 Å². The lowest BCUT2D eigenvalue weighted by Crippen LogP contribution is -2.52. The Morgan fingerprint density at radius 3 is 2.20 bits per heavy atom. The van der Waals surface area contributed by atoms with Gasteiger partial charge in [0.05, 0.1) is 11.9 Å². The zero-order chi connectivity index (χ0) is 26.4. The SMILES string of the molecule is CC(C(=O)NC(C)(C)C)N(Cc1ccccc1)C(=O)CCCN(c1ccc(F)c(F)c1)S(C)(=O)=O. The number of nitrogens with one attached hydrogen (secondary N) is 1. The molecule has 1 unspecified atom stereocenters. The summed E-state index contributed by atoms with van der Waals surface area (Å²) in [5, 5.41) is 2.88. The summed E-state index contributed by atoms with van der Waals surface area (Å²) in [6.07, 6.45) is 1.02. The van der Waals surface area contributed by atoms with E-state index >= 15 is 0 Å². The van der Waals surface area contributed by atoms with Crippen molar-refractivity contribution in [2.45, 2.75) is 58.7 Å². The summed E-state index contributed by atoms with van der Waals surface area (Å²) in [5.41, 5.74) is 0.335. The fourth-order valence-corrected chi connectivity index (χ4v) is 4.44. The van der Waals surface area contributed by atoms with Gasteiger partial charge in [-0.1, -0.05) is 30.3 Å². The van der Waals surface area contributed by atoms with Gasteiger partial charge >= 0.3 is 0 Å². The maximum absolute atomic E-state index is 13.7. The number of hydrogen-bond donors (Lipinski definition) is 1. The van der Waals surface area contributed by atoms with Crippen LogP contribution in [-0.4, -0.2) is 49.5 Å². The number of anilines is 1. The zero-order valence-electron chi connectivity index (χ0n) is 20.7. The van der Waals surface area contributed by atoms with Gasteiger partial charge in [-0.2, -0.15) is 0 Å². The molecule has 0 aliphatic heterocycles. The Morgan fingerprint density at radius 2 is 1.66 bits per heavy atom. The maximum atomic E-state index is 13.7. The molecule has 0 saturated heterocycles. The molecule has 2 amide bonds. The van der Waals surface area contributed by atoms with Gasteiger partial charge in [-0.15, -0.1) is 0 Å². The summed E-state index contributed by atoms with van der Waals surface area (Å²) in [5.74, 6) is -2.89. The van der Waals surface area contributed by atoms with Gasteiger partial charge in [0.2, 0.25) is 21.8 Å². The van der Waals surface area contributed by atoms with Crippen LogP contribution in [0, 0.1) is 11.6 Å². The molecule has 10 heteroatoms. The van der Waals surface area contributed by atoms with Crippen molar-refractivity contribution < 1.29 is 26.8 Å². The Morgan fingerprint density at radius 1 is 1.03 bits per heavy atom. The van der Waals surface area contributed by atoms with E-state index in [-0.39, 0.29) is 43.4 Å². The third-order valence-electron chi connectivity index (χ3n) is 5.20. The third-order valence-corrected chi connectivity index (χ3v) is 6.40. The van der Waals surface area contributed by atoms with Crippen LogP contribution in [0.4, 0.5) is 14.5 Å². The topological polar surface area (TPSA) is 86.8 Å². The van der Waals surface area contributed by atoms with E-state index < -0.39 is 33.2 Å². The Balaban J connectivity index is 2.18. The highest BCUT2D eigenvalue weighted by molar-refractivity contribution is 7.92. The van der Waals surface area contributed by atoms with Gasteiger partial charge in [0.25, 0.3) is 0 Å². The van der Waals surface area contributed by atoms with Gasteiger partial charge in [-0.05, 0) is 51.8 Å². The molecule has 0 spiro atoms. The molecule has 1 N–H and O–H groups in total. The standard InChI is InChI=1S/C25H33F2N3O4S/c1-18(24(32)28-25(2,3)4)29(17-19-10-7-6-8-11-19)23(31)12-9-15-30(35(5,33)34)20-13-14-21(26)22(27)16-20/h6-8,10-11,13-14,16,18H,9,12,15,17H2,1-5H3,(H,28,32). The lowest BCUT2D eigenvalue weighted by atomic mass is 10.1. The number of carbonyl (C=O) groups is 2. The molecule has 0 bridgehead atoms. The fraction of sp³-hybridized carbons (Fsp3) is 0.440. The molecular formula is C25H33F2N3O4S. The minimum absolute atomic E-state index is 0.0297. The predicted molar refractivity (Wildman–Crippen MR) is 132 cm³/mol. The minimum atomic E-state index is -3.81. The second-order valence-electron chi connectivity index (χ2n) is 9.46. The molecule has 0 aliphatic rings. The summed E-state index contributed by atoms with van der Waals surface area (Å²) in [4.78, 5) is 27.4. The van der Waals surface area contributed by atoms with Crippen LogP contribution in [-0.2, 0) is 26.2 Å². The van der Waals surface area contributed by atoms with Crippen LogP contribution >= 0.6 is 0 Å². The van der Waals surface area contributed by atoms with Gasteiger partial charge in [0.15, 0.2) is 11.6 Å². The van der Waals surface area contributed by atoms with Crippen molar-refractivity contribution in [3.63, 3.8) is 0 Å². The number of sulfonamides is 1. The minimum Gasteiger partial charge on any atom is -0.350 e. The molecule has 0 aromatic heterocycles. The van der Waals surface area contributed by atoms with E-state index in [1.54, 1.807) is 6.92 Å². The monoisotopic (exact) mass is 509 g/mol. The van der Waals surface area contributed by atoms with Crippen molar-refractivity contribution in [1.29, 1.82) is 0 Å². The third kappa shape index (κ3) is 8.61. The first kappa shape index (κ1) is 28.2. The quantitative estimate of drug-likeness (QED) is 0.527. The van der Waals surface area contributed by atoms with Gasteiger partial charge < -0.3 is 10.2 Å². The number of halogens is 2. The largest absolute Gasteiger partial charge is 0.350 e. The van der Waals surface area contributed by atoms with Crippen LogP contribution in [0.2, 0.25) is 0 Å². The number of carbonyl (C=O) groups excluding carboxylic acids is 2. The molecule has 1 atom stereocenters. The van der Waals surface area contributed by atoms with Crippen LogP contribution in [0.1, 0.15) is 46.1 Å². The fourth-order valence-electron chi connectivity index (χ4n) is 3.48. The predicted octanol–water partition coefficient (Wildman–Crippen LogP) is 3.84. The van der Waals surface area contributed by atoms with E-state index in [2.05, 4.69) is 5.32 Å². The average molecular weight is 510 g/mol. The van der Waals surface area contributed by atoms with Crippen LogP contribution in [0.15, 0.2) is 48.5 Å². The molecular weight excluding hydrogens is 476 g/mol. The van der Waals surface area contributed by atoms with Crippen LogP contribution in [0.25, 0.3) is 0 Å². The highest BCUT2D eigenvalue weighted by Gasteiger charge is 2.28. The highest BCUT2D eigenvalue weighted by atomic mass is 32.2. The molecule has 0 radical (unpaired) electrons. The van der Waals surface area contributed by atoms with Crippen LogP contribution in [0.3, 0.4) is 0 Å². The number of rotatable bonds is 10. The number of nitrogens with zero attached hydrogens (tertiary/aromatic N) is 2. The van der Waals surface area contributed by atoms with Gasteiger partial charge in [0, 0.05) is 31.1 Å². The van der Waals surface area contributed by atoms with Gasteiger partial charge in [-0.3, -0.25) is 13.9 Å². The molecule has 7 nitrogen and oxygen atoms in total. The van der Waals surface area contributed by atoms with Crippen molar-refractivity contribution in [1.82, 2.24) is 10.2 Å². The molecule has 192 valence electrons. The van der Waals surface area contributed by atoms with Crippen molar-refractivity contribution in [3.8, 4) is 0 Å². The molecule has 0 fully saturated rings. The lowest BCUT2D eigenvalue weighted by Gasteiger charge is -2.32. The van der Waals surface area contributed by atoms with Crippen LogP contribution in [0.5, 0.6) is 0 Å². The Kier molecular flexibility index (Phi) is 9.37. The van der Waals surface area contributed by atoms with E-state index in [1.807, 2.05) is 51.1 Å². The number of amides is 2. The molecule has 2 rings (SSSR count). The molecule has 0 aliphatic carbocycles. The maximum Gasteiger partial charge on any atom is 0.242 e. The van der Waals surface area contributed by atoms with Crippen molar-refractivity contribution in [2.75, 3.05) is 17.1 Å². The Labute approximate surface area is 206 Å². The second kappa shape index (κ2) is 11.6. The summed E-state index contributed by atoms with van der Waals surface area (Å²) >= 11 is 0. The van der Waals surface area contributed by atoms with E-state index in [0.717, 1.165) is 28.3 Å². The first-order chi connectivity index (χ1) is 16.2. The Hall–Kier alpha value is -3.01. The normalized spacial score (nSPS) is 12.7. The summed E-state index contributed by atoms with van der Waals surface area (Å²) in [6.45, 7) is 7.28. The average Bonchev–Trinajstić information content (AvgIpc) is 2.75. The summed E-state index contributed by atoms with van der Waals surface area (Å²) in [6, 6.07) is 11.3. The van der Waals surface area contributed by atoms with Crippen molar-refractivity contribution in [2.24, 2.45) is 0 Å². The molecule has 2 aromatic rings. The smallest absolute Gasteiger partial charge is 0.242 e. The number of benzene rings is 2. The first-order valence-electron chi connectivity index (χ1n) is 11.3. The Bertz CT molecular complexity index is 1140. The van der Waals surface area contributed by atoms with Gasteiger partial charge in [0.1, 0.15) is 6.04 Å². The van der Waals surface area contributed by atoms with E-state index in [1.165, 1.54) is 11.0 Å². The second-order valence-corrected chi connectivity index (χ2v) is 11.4. The van der Waals surface area contributed by atoms with Crippen molar-refractivity contribution in [3.05, 3.63) is 65.7 Å². The highest BCUT2D eigenvalue weighted by Crippen LogP contribution is 2.21. The zero-order valence-corrected chi connectivity index (χ0v) is 21.5. The first-order valence-corrected chi connectivity index (χ1v) is 13.1. The molecule has 0 saturated carbocycles. The number of hydrogen-bond acceptors (Lipinski definition) is 4. The summed E-state index contributed by atoms with van der Waals surface area (Å²) < 4.78 is 52.5.